The first-order chi connectivity index (χ1) is 11.3. The molecule has 23 heavy (non-hydrogen) atoms. The van der Waals surface area contributed by atoms with Crippen LogP contribution in [0.3, 0.4) is 0 Å². The Morgan fingerprint density at radius 2 is 1.96 bits per heavy atom. The molecule has 0 spiro atoms. The smallest absolute Gasteiger partial charge is 0.137 e. The molecule has 2 aliphatic heterocycles. The average Bonchev–Trinajstić information content (AvgIpc) is 2.92. The molecule has 3 heterocycles. The number of methoxy groups -OCH3 is 1. The van der Waals surface area contributed by atoms with E-state index in [1.54, 1.807) is 7.11 Å². The van der Waals surface area contributed by atoms with Crippen LogP contribution in [0.25, 0.3) is 5.57 Å². The van der Waals surface area contributed by atoms with Gasteiger partial charge in [0, 0.05) is 38.0 Å². The maximum atomic E-state index is 5.48. The summed E-state index contributed by atoms with van der Waals surface area (Å²) in [6, 6.07) is 11.0. The van der Waals surface area contributed by atoms with E-state index in [2.05, 4.69) is 65.3 Å². The number of benzene rings is 1. The molecule has 0 atom stereocenters. The first-order valence-electron chi connectivity index (χ1n) is 8.20. The minimum absolute atomic E-state index is 0.939. The van der Waals surface area contributed by atoms with Crippen molar-refractivity contribution in [3.8, 4) is 5.75 Å². The van der Waals surface area contributed by atoms with E-state index < -0.39 is 0 Å². The molecule has 3 heteroatoms. The summed E-state index contributed by atoms with van der Waals surface area (Å²) in [5.74, 6) is 0.939. The molecule has 1 aromatic carbocycles. The Hall–Kier alpha value is -2.42. The van der Waals surface area contributed by atoms with Gasteiger partial charge in [0.15, 0.2) is 0 Å². The maximum absolute atomic E-state index is 5.48. The second kappa shape index (κ2) is 5.65. The summed E-state index contributed by atoms with van der Waals surface area (Å²) in [5, 5.41) is 0. The minimum atomic E-state index is 0.939. The number of hydrogen-bond donors (Lipinski definition) is 0. The number of allylic oxidation sites excluding steroid dienone is 1. The number of fused-ring (bicyclic) bond motifs is 2. The molecule has 0 saturated carbocycles. The maximum Gasteiger partial charge on any atom is 0.137 e. The van der Waals surface area contributed by atoms with Crippen LogP contribution in [0.4, 0.5) is 0 Å². The quantitative estimate of drug-likeness (QED) is 0.799. The number of aryl methyl sites for hydroxylation is 2. The molecule has 0 saturated heterocycles. The van der Waals surface area contributed by atoms with Crippen LogP contribution in [0.2, 0.25) is 0 Å². The lowest BCUT2D eigenvalue weighted by molar-refractivity contribution is 0.413. The highest BCUT2D eigenvalue weighted by molar-refractivity contribution is 5.85. The van der Waals surface area contributed by atoms with Crippen LogP contribution in [0.1, 0.15) is 23.2 Å². The van der Waals surface area contributed by atoms with Gasteiger partial charge in [-0.1, -0.05) is 24.3 Å². The van der Waals surface area contributed by atoms with Crippen molar-refractivity contribution >= 4 is 5.57 Å². The molecule has 3 nitrogen and oxygen atoms in total. The van der Waals surface area contributed by atoms with Crippen molar-refractivity contribution in [3.63, 3.8) is 0 Å². The molecule has 0 unspecified atom stereocenters. The van der Waals surface area contributed by atoms with Crippen LogP contribution in [-0.4, -0.2) is 30.2 Å². The number of ether oxygens (including phenoxy) is 1. The van der Waals surface area contributed by atoms with Gasteiger partial charge in [0.2, 0.25) is 0 Å². The van der Waals surface area contributed by atoms with Crippen molar-refractivity contribution in [2.45, 2.75) is 19.4 Å². The summed E-state index contributed by atoms with van der Waals surface area (Å²) in [6.07, 6.45) is 8.71. The number of hydrogen-bond acceptors (Lipinski definition) is 2. The van der Waals surface area contributed by atoms with Gasteiger partial charge in [-0.2, -0.15) is 0 Å². The SMILES string of the molecule is COc1cc2n(c1)CCc1ccccc1C2=C1C=CN(C)CC1. The lowest BCUT2D eigenvalue weighted by Crippen LogP contribution is -2.17. The van der Waals surface area contributed by atoms with E-state index in [9.17, 15) is 0 Å². The fourth-order valence-corrected chi connectivity index (χ4v) is 3.57. The molecular weight excluding hydrogens is 284 g/mol. The van der Waals surface area contributed by atoms with E-state index in [1.165, 1.54) is 28.0 Å². The first-order valence-corrected chi connectivity index (χ1v) is 8.20. The molecule has 0 bridgehead atoms. The molecule has 118 valence electrons. The van der Waals surface area contributed by atoms with Crippen LogP contribution in [0.15, 0.2) is 54.4 Å². The zero-order valence-corrected chi connectivity index (χ0v) is 13.7. The number of aromatic nitrogens is 1. The van der Waals surface area contributed by atoms with Crippen LogP contribution in [0, 0.1) is 0 Å². The van der Waals surface area contributed by atoms with E-state index >= 15 is 0 Å². The Morgan fingerprint density at radius 3 is 2.74 bits per heavy atom. The van der Waals surface area contributed by atoms with Gasteiger partial charge >= 0.3 is 0 Å². The van der Waals surface area contributed by atoms with Gasteiger partial charge in [-0.15, -0.1) is 0 Å². The van der Waals surface area contributed by atoms with E-state index in [0.29, 0.717) is 0 Å². The topological polar surface area (TPSA) is 17.4 Å². The van der Waals surface area contributed by atoms with Crippen molar-refractivity contribution in [1.82, 2.24) is 9.47 Å². The van der Waals surface area contributed by atoms with Gasteiger partial charge in [0.1, 0.15) is 5.75 Å². The molecule has 0 N–H and O–H groups in total. The third kappa shape index (κ3) is 2.46. The fourth-order valence-electron chi connectivity index (χ4n) is 3.57. The van der Waals surface area contributed by atoms with Gasteiger partial charge < -0.3 is 14.2 Å². The fraction of sp³-hybridized carbons (Fsp3) is 0.300. The van der Waals surface area contributed by atoms with E-state index in [-0.39, 0.29) is 0 Å². The molecule has 2 aromatic rings. The van der Waals surface area contributed by atoms with E-state index in [4.69, 9.17) is 4.74 Å². The molecule has 1 aromatic heterocycles. The zero-order chi connectivity index (χ0) is 15.8. The van der Waals surface area contributed by atoms with Gasteiger partial charge in [0.25, 0.3) is 0 Å². The average molecular weight is 306 g/mol. The molecular formula is C20H22N2O. The number of rotatable bonds is 1. The minimum Gasteiger partial charge on any atom is -0.495 e. The van der Waals surface area contributed by atoms with Crippen molar-refractivity contribution in [1.29, 1.82) is 0 Å². The van der Waals surface area contributed by atoms with E-state index in [1.807, 2.05) is 0 Å². The predicted molar refractivity (Wildman–Crippen MR) is 93.5 cm³/mol. The van der Waals surface area contributed by atoms with Gasteiger partial charge in [-0.25, -0.2) is 0 Å². The highest BCUT2D eigenvalue weighted by Gasteiger charge is 2.22. The molecule has 0 radical (unpaired) electrons. The summed E-state index contributed by atoms with van der Waals surface area (Å²) >= 11 is 0. The summed E-state index contributed by atoms with van der Waals surface area (Å²) in [4.78, 5) is 2.24. The Kier molecular flexibility index (Phi) is 3.49. The zero-order valence-electron chi connectivity index (χ0n) is 13.7. The Bertz CT molecular complexity index is 798. The van der Waals surface area contributed by atoms with Gasteiger partial charge in [-0.3, -0.25) is 0 Å². The molecule has 0 aliphatic carbocycles. The summed E-state index contributed by atoms with van der Waals surface area (Å²) in [6.45, 7) is 2.06. The third-order valence-electron chi connectivity index (χ3n) is 4.86. The van der Waals surface area contributed by atoms with Crippen molar-refractivity contribution in [2.75, 3.05) is 20.7 Å². The third-order valence-corrected chi connectivity index (χ3v) is 4.86. The summed E-state index contributed by atoms with van der Waals surface area (Å²) in [7, 11) is 3.87. The largest absolute Gasteiger partial charge is 0.495 e. The first kappa shape index (κ1) is 14.2. The van der Waals surface area contributed by atoms with Crippen molar-refractivity contribution < 1.29 is 4.74 Å². The molecule has 0 fully saturated rings. The van der Waals surface area contributed by atoms with Gasteiger partial charge in [0.05, 0.1) is 12.8 Å². The Labute approximate surface area is 137 Å². The van der Waals surface area contributed by atoms with Crippen LogP contribution in [0.5, 0.6) is 5.75 Å². The van der Waals surface area contributed by atoms with Gasteiger partial charge in [-0.05, 0) is 41.8 Å². The normalized spacial score (nSPS) is 20.0. The monoisotopic (exact) mass is 306 g/mol. The Morgan fingerprint density at radius 1 is 1.09 bits per heavy atom. The second-order valence-electron chi connectivity index (χ2n) is 6.31. The van der Waals surface area contributed by atoms with Crippen molar-refractivity contribution in [2.24, 2.45) is 0 Å². The Balaban J connectivity index is 1.97. The summed E-state index contributed by atoms with van der Waals surface area (Å²) in [5.41, 5.74) is 6.86. The highest BCUT2D eigenvalue weighted by atomic mass is 16.5. The molecule has 4 rings (SSSR count). The highest BCUT2D eigenvalue weighted by Crippen LogP contribution is 2.37. The molecule has 0 amide bonds. The van der Waals surface area contributed by atoms with Crippen LogP contribution in [-0.2, 0) is 13.0 Å². The summed E-state index contributed by atoms with van der Waals surface area (Å²) < 4.78 is 7.82. The van der Waals surface area contributed by atoms with Crippen LogP contribution >= 0.6 is 0 Å². The van der Waals surface area contributed by atoms with Crippen LogP contribution < -0.4 is 4.74 Å². The van der Waals surface area contributed by atoms with E-state index in [0.717, 1.165) is 31.7 Å². The number of nitrogens with zero attached hydrogens (tertiary/aromatic N) is 2. The second-order valence-corrected chi connectivity index (χ2v) is 6.31. The standard InChI is InChI=1S/C20H22N2O/c1-21-10-7-16(8-11-21)20-18-6-4-3-5-15(18)9-12-22-14-17(23-2)13-19(20)22/h3-7,10,13-14H,8-9,11-12H2,1-2H3. The predicted octanol–water partition coefficient (Wildman–Crippen LogP) is 3.70. The lowest BCUT2D eigenvalue weighted by Gasteiger charge is -2.22. The van der Waals surface area contributed by atoms with Crippen molar-refractivity contribution in [3.05, 3.63) is 71.2 Å². The lowest BCUT2D eigenvalue weighted by atomic mass is 9.90. The molecule has 2 aliphatic rings.